The first kappa shape index (κ1) is 113. The van der Waals surface area contributed by atoms with Gasteiger partial charge in [0.15, 0.2) is 0 Å². The van der Waals surface area contributed by atoms with Crippen LogP contribution < -0.4 is 91.6 Å². The van der Waals surface area contributed by atoms with Crippen LogP contribution in [0.2, 0.25) is 0 Å². The van der Waals surface area contributed by atoms with Crippen molar-refractivity contribution in [1.82, 2.24) is 89.1 Å². The molecule has 4 aromatic rings. The maximum Gasteiger partial charge on any atom is 0.305 e. The van der Waals surface area contributed by atoms with E-state index in [2.05, 4.69) is 74.4 Å². The van der Waals surface area contributed by atoms with Crippen LogP contribution in [0.3, 0.4) is 0 Å². The first-order chi connectivity index (χ1) is 66.0. The Kier molecular flexibility index (Phi) is 43.7. The highest BCUT2D eigenvalue weighted by Crippen LogP contribution is 2.25. The van der Waals surface area contributed by atoms with Crippen LogP contribution in [-0.2, 0) is 130 Å². The predicted octanol–water partition coefficient (Wildman–Crippen LogP) is -6.44. The van der Waals surface area contributed by atoms with Crippen LogP contribution in [0.1, 0.15) is 103 Å². The number of rotatable bonds is 21. The summed E-state index contributed by atoms with van der Waals surface area (Å²) < 4.78 is 0. The van der Waals surface area contributed by atoms with Gasteiger partial charge in [-0.25, -0.2) is 0 Å². The van der Waals surface area contributed by atoms with E-state index < -0.39 is 331 Å². The molecule has 3 aliphatic rings. The molecule has 760 valence electrons. The molecular weight excluding hydrogens is 1890 g/mol. The molecular formula is C89H118N20O28S3. The highest BCUT2D eigenvalue weighted by Gasteiger charge is 2.42. The Hall–Kier alpha value is -14.2. The largest absolute Gasteiger partial charge is 0.508 e. The van der Waals surface area contributed by atoms with Crippen molar-refractivity contribution in [2.45, 2.75) is 196 Å². The van der Waals surface area contributed by atoms with Crippen molar-refractivity contribution in [3.8, 4) is 5.75 Å². The van der Waals surface area contributed by atoms with Gasteiger partial charge in [-0.1, -0.05) is 106 Å². The fraction of sp³-hybridized carbons (Fsp3) is 0.494. The minimum absolute atomic E-state index is 0.196. The second-order valence-corrected chi connectivity index (χ2v) is 37.5. The number of carboxylic acids is 4. The molecule has 51 heteroatoms. The zero-order chi connectivity index (χ0) is 104. The van der Waals surface area contributed by atoms with Crippen molar-refractivity contribution < 1.29 is 136 Å². The third kappa shape index (κ3) is 36.6. The van der Waals surface area contributed by atoms with E-state index in [4.69, 9.17) is 17.2 Å². The smallest absolute Gasteiger partial charge is 0.305 e. The highest BCUT2D eigenvalue weighted by atomic mass is 32.2. The monoisotopic (exact) mass is 2010 g/mol. The van der Waals surface area contributed by atoms with Gasteiger partial charge in [-0.05, 0) is 78.6 Å². The summed E-state index contributed by atoms with van der Waals surface area (Å²) >= 11 is 2.16. The number of aliphatic carboxylic acids is 4. The maximum absolute atomic E-state index is 15.3. The van der Waals surface area contributed by atoms with Crippen molar-refractivity contribution >= 4 is 182 Å². The van der Waals surface area contributed by atoms with Gasteiger partial charge < -0.3 is 132 Å². The first-order valence-electron chi connectivity index (χ1n) is 44.3. The molecule has 0 spiro atoms. The Balaban J connectivity index is 1.39. The van der Waals surface area contributed by atoms with Crippen LogP contribution in [0.15, 0.2) is 97.1 Å². The summed E-state index contributed by atoms with van der Waals surface area (Å²) in [5, 5.41) is 85.5. The molecule has 7 rings (SSSR count). The molecule has 0 aliphatic carbocycles. The normalized spacial score (nSPS) is 24.6. The minimum atomic E-state index is -2.29. The molecule has 3 saturated heterocycles. The summed E-state index contributed by atoms with van der Waals surface area (Å²) in [6.45, 7) is 6.08. The molecule has 140 heavy (non-hydrogen) atoms. The number of carbonyl (C=O) groups is 23. The molecule has 0 aromatic heterocycles. The number of nitrogens with one attached hydrogen (secondary N) is 14. The number of phenols is 1. The number of carboxylic acid groups (broad SMARTS) is 4. The van der Waals surface area contributed by atoms with Crippen LogP contribution >= 0.6 is 35.3 Å². The van der Waals surface area contributed by atoms with Crippen molar-refractivity contribution in [3.05, 3.63) is 114 Å². The van der Waals surface area contributed by atoms with Crippen LogP contribution in [0, 0.1) is 5.41 Å². The number of hydrogen-bond donors (Lipinski definition) is 22. The van der Waals surface area contributed by atoms with Gasteiger partial charge in [-0.3, -0.25) is 110 Å². The van der Waals surface area contributed by atoms with Gasteiger partial charge >= 0.3 is 23.9 Å². The van der Waals surface area contributed by atoms with Gasteiger partial charge in [0.2, 0.25) is 112 Å². The molecule has 0 radical (unpaired) electrons. The Labute approximate surface area is 815 Å². The zero-order valence-electron chi connectivity index (χ0n) is 77.4. The number of nitrogens with zero attached hydrogens (tertiary/aromatic N) is 3. The van der Waals surface area contributed by atoms with E-state index in [1.165, 1.54) is 90.9 Å². The number of thioether (sulfide) groups is 3. The number of fused-ring (bicyclic) bond motifs is 9. The molecule has 1 unspecified atom stereocenters. The lowest BCUT2D eigenvalue weighted by molar-refractivity contribution is -0.142. The second-order valence-electron chi connectivity index (χ2n) is 34.5. The first-order valence-corrected chi connectivity index (χ1v) is 47.8. The van der Waals surface area contributed by atoms with Crippen molar-refractivity contribution in [1.29, 1.82) is 0 Å². The minimum Gasteiger partial charge on any atom is -0.508 e. The Bertz CT molecular complexity index is 5240. The lowest BCUT2D eigenvalue weighted by Crippen LogP contribution is -2.62. The number of hydrogen-bond acceptors (Lipinski definition) is 28. The summed E-state index contributed by atoms with van der Waals surface area (Å²) in [5.74, 6) is -32.3. The molecule has 15 atom stereocenters. The maximum atomic E-state index is 15.3. The lowest BCUT2D eigenvalue weighted by Gasteiger charge is -2.33. The Morgan fingerprint density at radius 1 is 0.407 bits per heavy atom. The summed E-state index contributed by atoms with van der Waals surface area (Å²) in [7, 11) is 0. The Morgan fingerprint density at radius 3 is 1.26 bits per heavy atom. The SMILES string of the molecule is C[C@H](N)C(=O)N[C@H]1CSCC(=O)N2CCN3CCN(CC2)C(=O)CSC[C@H](NC(=O)[C@@H](C)NC(=O)[C@H](Cc2cccc4ccccc24)NC(=O)[C@H](CCC(=O)O)NC(=O)[C@H](CC(N)=O)NC(=O)[C@@H](C)NC1=O)C(=O)N[C@@H](CCC(=O)O)C(=O)N[C@@H](CC(=O)O)C(=O)N[C@@H](Cc1ccccc1)C(=O)N[C@@H](Cc1ccc(O)cc1)C(=O)NC(CC(=O)O)C(=O)N[C@@H](C(C)(C)C)C(=O)N[C@H](C(N)=O)CSCC3=O. The third-order valence-corrected chi connectivity index (χ3v) is 25.3. The van der Waals surface area contributed by atoms with E-state index in [1.54, 1.807) is 48.5 Å². The van der Waals surface area contributed by atoms with Crippen molar-refractivity contribution in [2.75, 3.05) is 73.8 Å². The summed E-state index contributed by atoms with van der Waals surface area (Å²) in [6.07, 6.45) is -8.53. The average molecular weight is 2010 g/mol. The quantitative estimate of drug-likeness (QED) is 0.0369. The number of aromatic hydroxyl groups is 1. The van der Waals surface area contributed by atoms with E-state index >= 15 is 14.4 Å². The van der Waals surface area contributed by atoms with Gasteiger partial charge in [-0.15, -0.1) is 35.3 Å². The summed E-state index contributed by atoms with van der Waals surface area (Å²) in [6, 6.07) is -3.62. The topological polar surface area (TPSA) is 750 Å². The van der Waals surface area contributed by atoms with E-state index in [-0.39, 0.29) is 56.1 Å². The molecule has 3 aliphatic heterocycles. The summed E-state index contributed by atoms with van der Waals surface area (Å²) in [5.41, 5.74) is 16.9. The Morgan fingerprint density at radius 2 is 0.793 bits per heavy atom. The standard InChI is InChI=1S/C89H118N20O28S3/c1-45(90)75(124)104-63-40-139-43-67(113)108-29-27-107-28-30-109(32-31-108)68(114)44-140-41-64(105-77(126)47(3)93-80(129)58(35-51-17-12-16-50-15-10-11-18-53(50)51)100-78(127)54(23-25-69(115)116)95-83(132)59(36-65(91)111)97-76(125)46(2)94-86(63)135)87(136)96-55(24-26-70(117)118)79(128)101-60(37-71(119)120)84(133)99-56(33-48-13-8-7-9-14-48)81(130)98-57(34-49-19-21-52(110)22-20-49)82(131)102-61(38-72(121)122)85(134)106-73(89(4,5)6)88(137)103-62(74(92)123)39-138-42-66(107)112/h7-22,45-47,54-64,73,110H,23-44,90H2,1-6H3,(H2,91,111)(H2,92,123)(H,93,129)(H,94,135)(H,95,132)(H,96,136)(H,97,125)(H,98,130)(H,99,133)(H,100,127)(H,101,128)(H,102,131)(H,103,137)(H,104,124)(H,105,126)(H,106,134)(H,115,116)(H,117,118)(H,119,120)(H,121,122)/t45-,46+,47+,54-,55-,56-,57-,58-,59-,60-,61?,62-,63-,64-,73+/m0/s1. The second kappa shape index (κ2) is 54.2. The number of carbonyl (C=O) groups excluding carboxylic acids is 19. The van der Waals surface area contributed by atoms with Crippen LogP contribution in [0.4, 0.5) is 0 Å². The fourth-order valence-electron chi connectivity index (χ4n) is 14.5. The molecule has 25 N–H and O–H groups in total. The fourth-order valence-corrected chi connectivity index (χ4v) is 17.3. The van der Waals surface area contributed by atoms with Crippen LogP contribution in [0.5, 0.6) is 5.75 Å². The van der Waals surface area contributed by atoms with Crippen molar-refractivity contribution in [2.24, 2.45) is 22.6 Å². The van der Waals surface area contributed by atoms with E-state index in [9.17, 15) is 121 Å². The van der Waals surface area contributed by atoms with Crippen LogP contribution in [0.25, 0.3) is 10.8 Å². The average Bonchev–Trinajstić information content (AvgIpc) is 0.852. The van der Waals surface area contributed by atoms with Gasteiger partial charge in [-0.2, -0.15) is 0 Å². The number of nitrogens with two attached hydrogens (primary N) is 3. The predicted molar refractivity (Wildman–Crippen MR) is 504 cm³/mol. The number of phenolic OH excluding ortho intramolecular Hbond substituents is 1. The molecule has 3 fully saturated rings. The van der Waals surface area contributed by atoms with E-state index in [1.807, 2.05) is 0 Å². The van der Waals surface area contributed by atoms with Gasteiger partial charge in [0.1, 0.15) is 90.3 Å². The highest BCUT2D eigenvalue weighted by molar-refractivity contribution is 8.00. The molecule has 3 heterocycles. The number of primary amides is 2. The van der Waals surface area contributed by atoms with Gasteiger partial charge in [0.25, 0.3) is 0 Å². The molecule has 4 aromatic carbocycles. The van der Waals surface area contributed by atoms with E-state index in [0.29, 0.717) is 28.1 Å². The molecule has 48 nitrogen and oxygen atoms in total. The number of amides is 19. The summed E-state index contributed by atoms with van der Waals surface area (Å²) in [4.78, 5) is 330. The lowest BCUT2D eigenvalue weighted by atomic mass is 9.85. The van der Waals surface area contributed by atoms with E-state index in [0.717, 1.165) is 37.4 Å². The third-order valence-electron chi connectivity index (χ3n) is 22.2. The molecule has 4 bridgehead atoms. The molecule has 0 saturated carbocycles. The number of benzene rings is 4. The van der Waals surface area contributed by atoms with Gasteiger partial charge in [0, 0.05) is 88.6 Å². The molecule has 19 amide bonds. The van der Waals surface area contributed by atoms with Gasteiger partial charge in [0.05, 0.1) is 42.6 Å². The zero-order valence-corrected chi connectivity index (χ0v) is 79.8. The van der Waals surface area contributed by atoms with Crippen LogP contribution in [-0.4, -0.2) is 341 Å². The van der Waals surface area contributed by atoms with Crippen molar-refractivity contribution in [3.63, 3.8) is 0 Å².